The van der Waals surface area contributed by atoms with Gasteiger partial charge < -0.3 is 10.2 Å². The SMILES string of the molecule is O=C(NC1CCN(Cc2ccc(F)c(F)c2)CC1)C1CCCN(C(=O)c2cccc3ccccc23)C1. The monoisotopic (exact) mass is 491 g/mol. The minimum absolute atomic E-state index is 0.0180. The van der Waals surface area contributed by atoms with Crippen LogP contribution in [0.4, 0.5) is 8.78 Å². The molecule has 2 saturated heterocycles. The van der Waals surface area contributed by atoms with Crippen LogP contribution in [0.1, 0.15) is 41.6 Å². The summed E-state index contributed by atoms with van der Waals surface area (Å²) in [5, 5.41) is 5.17. The first-order chi connectivity index (χ1) is 17.5. The Morgan fingerprint density at radius 2 is 1.67 bits per heavy atom. The van der Waals surface area contributed by atoms with Crippen LogP contribution >= 0.6 is 0 Å². The van der Waals surface area contributed by atoms with Crippen molar-refractivity contribution < 1.29 is 18.4 Å². The van der Waals surface area contributed by atoms with Gasteiger partial charge in [0.2, 0.25) is 5.91 Å². The molecule has 0 spiro atoms. The third-order valence-corrected chi connectivity index (χ3v) is 7.42. The lowest BCUT2D eigenvalue weighted by Crippen LogP contribution is -2.50. The summed E-state index contributed by atoms with van der Waals surface area (Å²) in [6.45, 7) is 3.21. The fourth-order valence-corrected chi connectivity index (χ4v) is 5.41. The second-order valence-corrected chi connectivity index (χ2v) is 9.92. The highest BCUT2D eigenvalue weighted by atomic mass is 19.2. The summed E-state index contributed by atoms with van der Waals surface area (Å²) in [6, 6.07) is 17.8. The van der Waals surface area contributed by atoms with E-state index in [1.54, 1.807) is 6.07 Å². The number of benzene rings is 3. The Labute approximate surface area is 210 Å². The van der Waals surface area contributed by atoms with Gasteiger partial charge in [-0.1, -0.05) is 42.5 Å². The van der Waals surface area contributed by atoms with Gasteiger partial charge in [-0.2, -0.15) is 0 Å². The maximum Gasteiger partial charge on any atom is 0.254 e. The van der Waals surface area contributed by atoms with Crippen LogP contribution in [0.25, 0.3) is 10.8 Å². The molecule has 0 aromatic heterocycles. The minimum Gasteiger partial charge on any atom is -0.353 e. The predicted octanol–water partition coefficient (Wildman–Crippen LogP) is 4.75. The molecule has 5 nitrogen and oxygen atoms in total. The highest BCUT2D eigenvalue weighted by Gasteiger charge is 2.31. The molecular weight excluding hydrogens is 460 g/mol. The number of rotatable bonds is 5. The van der Waals surface area contributed by atoms with Crippen LogP contribution in [0.3, 0.4) is 0 Å². The maximum atomic E-state index is 13.5. The molecule has 3 aromatic carbocycles. The fourth-order valence-electron chi connectivity index (χ4n) is 5.41. The van der Waals surface area contributed by atoms with E-state index in [1.165, 1.54) is 6.07 Å². The molecule has 5 rings (SSSR count). The van der Waals surface area contributed by atoms with Gasteiger partial charge in [-0.15, -0.1) is 0 Å². The molecule has 1 unspecified atom stereocenters. The van der Waals surface area contributed by atoms with Gasteiger partial charge in [0.15, 0.2) is 11.6 Å². The topological polar surface area (TPSA) is 52.7 Å². The molecule has 3 aromatic rings. The van der Waals surface area contributed by atoms with Gasteiger partial charge in [0.25, 0.3) is 5.91 Å². The van der Waals surface area contributed by atoms with E-state index in [4.69, 9.17) is 0 Å². The molecule has 2 heterocycles. The second-order valence-electron chi connectivity index (χ2n) is 9.92. The summed E-state index contributed by atoms with van der Waals surface area (Å²) >= 11 is 0. The normalized spacial score (nSPS) is 19.4. The predicted molar refractivity (Wildman–Crippen MR) is 135 cm³/mol. The molecule has 188 valence electrons. The third-order valence-electron chi connectivity index (χ3n) is 7.42. The number of nitrogens with one attached hydrogen (secondary N) is 1. The van der Waals surface area contributed by atoms with Crippen LogP contribution in [-0.4, -0.2) is 53.8 Å². The van der Waals surface area contributed by atoms with Crippen LogP contribution < -0.4 is 5.32 Å². The van der Waals surface area contributed by atoms with Gasteiger partial charge in [-0.05, 0) is 60.2 Å². The highest BCUT2D eigenvalue weighted by Crippen LogP contribution is 2.24. The summed E-state index contributed by atoms with van der Waals surface area (Å²) in [7, 11) is 0. The first-order valence-corrected chi connectivity index (χ1v) is 12.7. The Morgan fingerprint density at radius 3 is 2.47 bits per heavy atom. The Hall–Kier alpha value is -3.32. The molecule has 0 aliphatic carbocycles. The van der Waals surface area contributed by atoms with Gasteiger partial charge >= 0.3 is 0 Å². The summed E-state index contributed by atoms with van der Waals surface area (Å²) < 4.78 is 26.7. The van der Waals surface area contributed by atoms with Crippen LogP contribution in [0.2, 0.25) is 0 Å². The number of likely N-dealkylation sites (tertiary alicyclic amines) is 2. The average molecular weight is 492 g/mol. The lowest BCUT2D eigenvalue weighted by atomic mass is 9.94. The summed E-state index contributed by atoms with van der Waals surface area (Å²) in [5.74, 6) is -1.87. The summed E-state index contributed by atoms with van der Waals surface area (Å²) in [5.41, 5.74) is 1.43. The third kappa shape index (κ3) is 5.41. The molecule has 0 saturated carbocycles. The number of hydrogen-bond acceptors (Lipinski definition) is 3. The first-order valence-electron chi connectivity index (χ1n) is 12.7. The van der Waals surface area contributed by atoms with Gasteiger partial charge in [0.05, 0.1) is 5.92 Å². The molecule has 0 radical (unpaired) electrons. The molecule has 1 N–H and O–H groups in total. The van der Waals surface area contributed by atoms with Crippen molar-refractivity contribution in [3.8, 4) is 0 Å². The van der Waals surface area contributed by atoms with E-state index in [0.717, 1.165) is 61.2 Å². The van der Waals surface area contributed by atoms with Gasteiger partial charge in [-0.3, -0.25) is 14.5 Å². The number of carbonyl (C=O) groups is 2. The van der Waals surface area contributed by atoms with Crippen LogP contribution in [-0.2, 0) is 11.3 Å². The van der Waals surface area contributed by atoms with E-state index in [1.807, 2.05) is 47.4 Å². The van der Waals surface area contributed by atoms with Crippen molar-refractivity contribution >= 4 is 22.6 Å². The standard InChI is InChI=1S/C29H31F2N3O2/c30-26-11-10-20(17-27(26)31)18-33-15-12-23(13-16-33)32-28(35)22-7-4-14-34(19-22)29(36)25-9-3-6-21-5-1-2-8-24(21)25/h1-3,5-6,8-11,17,22-23H,4,7,12-16,18-19H2,(H,32,35). The van der Waals surface area contributed by atoms with Crippen LogP contribution in [0.5, 0.6) is 0 Å². The quantitative estimate of drug-likeness (QED) is 0.561. The van der Waals surface area contributed by atoms with E-state index >= 15 is 0 Å². The number of halogens is 2. The molecular formula is C29H31F2N3O2. The molecule has 2 aliphatic heterocycles. The average Bonchev–Trinajstić information content (AvgIpc) is 2.91. The second kappa shape index (κ2) is 10.7. The summed E-state index contributed by atoms with van der Waals surface area (Å²) in [6.07, 6.45) is 3.20. The Balaban J connectivity index is 1.14. The van der Waals surface area contributed by atoms with E-state index in [0.29, 0.717) is 25.2 Å². The number of amides is 2. The largest absolute Gasteiger partial charge is 0.353 e. The number of piperidine rings is 2. The van der Waals surface area contributed by atoms with Gasteiger partial charge in [-0.25, -0.2) is 8.78 Å². The van der Waals surface area contributed by atoms with Crippen molar-refractivity contribution in [1.29, 1.82) is 0 Å². The number of hydrogen-bond donors (Lipinski definition) is 1. The first kappa shape index (κ1) is 24.4. The smallest absolute Gasteiger partial charge is 0.254 e. The highest BCUT2D eigenvalue weighted by molar-refractivity contribution is 6.07. The molecule has 2 amide bonds. The van der Waals surface area contributed by atoms with Crippen molar-refractivity contribution in [2.24, 2.45) is 5.92 Å². The van der Waals surface area contributed by atoms with Gasteiger partial charge in [0.1, 0.15) is 0 Å². The molecule has 36 heavy (non-hydrogen) atoms. The van der Waals surface area contributed by atoms with E-state index in [2.05, 4.69) is 10.2 Å². The minimum atomic E-state index is -0.833. The van der Waals surface area contributed by atoms with E-state index < -0.39 is 11.6 Å². The van der Waals surface area contributed by atoms with Crippen LogP contribution in [0.15, 0.2) is 60.7 Å². The zero-order valence-electron chi connectivity index (χ0n) is 20.3. The Kier molecular flexibility index (Phi) is 7.28. The van der Waals surface area contributed by atoms with Crippen molar-refractivity contribution in [3.05, 3.63) is 83.4 Å². The lowest BCUT2D eigenvalue weighted by Gasteiger charge is -2.35. The zero-order valence-corrected chi connectivity index (χ0v) is 20.3. The van der Waals surface area contributed by atoms with Crippen molar-refractivity contribution in [3.63, 3.8) is 0 Å². The van der Waals surface area contributed by atoms with E-state index in [9.17, 15) is 18.4 Å². The molecule has 1 atom stereocenters. The van der Waals surface area contributed by atoms with Crippen molar-refractivity contribution in [2.45, 2.75) is 38.3 Å². The Morgan fingerprint density at radius 1 is 0.889 bits per heavy atom. The number of fused-ring (bicyclic) bond motifs is 1. The number of carbonyl (C=O) groups excluding carboxylic acids is 2. The Bertz CT molecular complexity index is 1250. The van der Waals surface area contributed by atoms with E-state index in [-0.39, 0.29) is 23.8 Å². The summed E-state index contributed by atoms with van der Waals surface area (Å²) in [4.78, 5) is 30.4. The zero-order chi connectivity index (χ0) is 25.1. The van der Waals surface area contributed by atoms with Crippen molar-refractivity contribution in [2.75, 3.05) is 26.2 Å². The molecule has 7 heteroatoms. The fraction of sp³-hybridized carbons (Fsp3) is 0.379. The molecule has 2 aliphatic rings. The van der Waals surface area contributed by atoms with Crippen molar-refractivity contribution in [1.82, 2.24) is 15.1 Å². The molecule has 0 bridgehead atoms. The lowest BCUT2D eigenvalue weighted by molar-refractivity contribution is -0.127. The number of nitrogens with zero attached hydrogens (tertiary/aromatic N) is 2. The van der Waals surface area contributed by atoms with Crippen LogP contribution in [0, 0.1) is 17.6 Å². The maximum absolute atomic E-state index is 13.5. The molecule has 2 fully saturated rings. The van der Waals surface area contributed by atoms with Gasteiger partial charge in [0, 0.05) is 44.3 Å².